The summed E-state index contributed by atoms with van der Waals surface area (Å²) in [5.74, 6) is -0.560. The molecule has 0 radical (unpaired) electrons. The SMILES string of the molecule is CCN(CC)CC(O)COOC(=O)c1ccccc1.Cl. The molecule has 0 aliphatic heterocycles. The minimum atomic E-state index is -0.677. The lowest BCUT2D eigenvalue weighted by Crippen LogP contribution is -2.34. The molecule has 0 aliphatic rings. The lowest BCUT2D eigenvalue weighted by molar-refractivity contribution is -0.254. The Morgan fingerprint density at radius 1 is 1.25 bits per heavy atom. The van der Waals surface area contributed by atoms with Crippen molar-refractivity contribution in [3.63, 3.8) is 0 Å². The topological polar surface area (TPSA) is 59.0 Å². The molecular weight excluding hydrogens is 282 g/mol. The highest BCUT2D eigenvalue weighted by atomic mass is 35.5. The molecule has 1 N–H and O–H groups in total. The third-order valence-electron chi connectivity index (χ3n) is 2.77. The summed E-state index contributed by atoms with van der Waals surface area (Å²) in [6.07, 6.45) is -0.677. The van der Waals surface area contributed by atoms with Crippen molar-refractivity contribution in [2.75, 3.05) is 26.2 Å². The summed E-state index contributed by atoms with van der Waals surface area (Å²) in [6.45, 7) is 6.22. The number of aliphatic hydroxyl groups excluding tert-OH is 1. The molecule has 0 saturated heterocycles. The second kappa shape index (κ2) is 10.6. The first-order valence-corrected chi connectivity index (χ1v) is 6.46. The predicted molar refractivity (Wildman–Crippen MR) is 78.9 cm³/mol. The van der Waals surface area contributed by atoms with Crippen molar-refractivity contribution in [3.05, 3.63) is 35.9 Å². The fraction of sp³-hybridized carbons (Fsp3) is 0.500. The number of hydrogen-bond donors (Lipinski definition) is 1. The Bertz CT molecular complexity index is 371. The molecule has 5 nitrogen and oxygen atoms in total. The third kappa shape index (κ3) is 6.86. The van der Waals surface area contributed by atoms with Gasteiger partial charge in [-0.3, -0.25) is 4.89 Å². The monoisotopic (exact) mass is 303 g/mol. The van der Waals surface area contributed by atoms with Gasteiger partial charge in [0.15, 0.2) is 0 Å². The number of likely N-dealkylation sites (N-methyl/N-ethyl adjacent to an activating group) is 1. The number of rotatable bonds is 8. The van der Waals surface area contributed by atoms with Crippen molar-refractivity contribution in [1.29, 1.82) is 0 Å². The van der Waals surface area contributed by atoms with Gasteiger partial charge in [-0.2, -0.15) is 4.89 Å². The van der Waals surface area contributed by atoms with Gasteiger partial charge in [-0.1, -0.05) is 32.0 Å². The Morgan fingerprint density at radius 2 is 1.85 bits per heavy atom. The van der Waals surface area contributed by atoms with E-state index in [1.54, 1.807) is 24.3 Å². The smallest absolute Gasteiger partial charge is 0.373 e. The van der Waals surface area contributed by atoms with Crippen LogP contribution in [-0.4, -0.2) is 48.3 Å². The van der Waals surface area contributed by atoms with Gasteiger partial charge in [-0.05, 0) is 25.2 Å². The van der Waals surface area contributed by atoms with E-state index in [1.807, 2.05) is 19.9 Å². The van der Waals surface area contributed by atoms with E-state index in [-0.39, 0.29) is 19.0 Å². The van der Waals surface area contributed by atoms with E-state index in [2.05, 4.69) is 9.79 Å². The van der Waals surface area contributed by atoms with Crippen LogP contribution in [0.25, 0.3) is 0 Å². The molecule has 1 atom stereocenters. The van der Waals surface area contributed by atoms with Gasteiger partial charge in [0.25, 0.3) is 0 Å². The van der Waals surface area contributed by atoms with E-state index >= 15 is 0 Å². The Kier molecular flexibility index (Phi) is 10.0. The lowest BCUT2D eigenvalue weighted by atomic mass is 10.2. The van der Waals surface area contributed by atoms with Crippen molar-refractivity contribution in [2.24, 2.45) is 0 Å². The zero-order chi connectivity index (χ0) is 14.1. The van der Waals surface area contributed by atoms with E-state index in [1.165, 1.54) is 0 Å². The van der Waals surface area contributed by atoms with Gasteiger partial charge >= 0.3 is 5.97 Å². The van der Waals surface area contributed by atoms with E-state index in [9.17, 15) is 9.90 Å². The number of halogens is 1. The van der Waals surface area contributed by atoms with Gasteiger partial charge in [0.05, 0.1) is 11.7 Å². The van der Waals surface area contributed by atoms with Crippen LogP contribution < -0.4 is 0 Å². The summed E-state index contributed by atoms with van der Waals surface area (Å²) >= 11 is 0. The van der Waals surface area contributed by atoms with Crippen molar-refractivity contribution >= 4 is 18.4 Å². The maximum Gasteiger partial charge on any atom is 0.373 e. The van der Waals surface area contributed by atoms with Crippen molar-refractivity contribution in [2.45, 2.75) is 20.0 Å². The molecule has 0 amide bonds. The molecule has 0 spiro atoms. The molecule has 1 aromatic rings. The van der Waals surface area contributed by atoms with Crippen LogP contribution in [-0.2, 0) is 9.78 Å². The van der Waals surface area contributed by atoms with Gasteiger partial charge < -0.3 is 10.0 Å². The first-order valence-electron chi connectivity index (χ1n) is 6.46. The minimum absolute atomic E-state index is 0. The number of benzene rings is 1. The van der Waals surface area contributed by atoms with Gasteiger partial charge in [0, 0.05) is 6.54 Å². The van der Waals surface area contributed by atoms with Gasteiger partial charge in [-0.15, -0.1) is 12.4 Å². The second-order valence-electron chi connectivity index (χ2n) is 4.16. The summed E-state index contributed by atoms with van der Waals surface area (Å²) in [4.78, 5) is 23.0. The van der Waals surface area contributed by atoms with Gasteiger partial charge in [0.1, 0.15) is 6.61 Å². The maximum absolute atomic E-state index is 11.5. The van der Waals surface area contributed by atoms with Crippen LogP contribution in [0.4, 0.5) is 0 Å². The first-order chi connectivity index (χ1) is 9.17. The van der Waals surface area contributed by atoms with Gasteiger partial charge in [0.2, 0.25) is 0 Å². The molecule has 6 heteroatoms. The van der Waals surface area contributed by atoms with Crippen molar-refractivity contribution < 1.29 is 19.7 Å². The zero-order valence-corrected chi connectivity index (χ0v) is 12.6. The summed E-state index contributed by atoms with van der Waals surface area (Å²) in [6, 6.07) is 8.57. The summed E-state index contributed by atoms with van der Waals surface area (Å²) < 4.78 is 0. The molecule has 20 heavy (non-hydrogen) atoms. The van der Waals surface area contributed by atoms with Crippen LogP contribution in [0.3, 0.4) is 0 Å². The average Bonchev–Trinajstić information content (AvgIpc) is 2.45. The fourth-order valence-electron chi connectivity index (χ4n) is 1.62. The number of nitrogens with zero attached hydrogens (tertiary/aromatic N) is 1. The van der Waals surface area contributed by atoms with E-state index in [0.717, 1.165) is 13.1 Å². The van der Waals surface area contributed by atoms with E-state index in [4.69, 9.17) is 4.89 Å². The minimum Gasteiger partial charge on any atom is -0.389 e. The molecule has 0 aromatic heterocycles. The Hall–Kier alpha value is -1.14. The highest BCUT2D eigenvalue weighted by Gasteiger charge is 2.12. The number of carbonyl (C=O) groups excluding carboxylic acids is 1. The van der Waals surface area contributed by atoms with E-state index in [0.29, 0.717) is 12.1 Å². The number of aliphatic hydroxyl groups is 1. The van der Waals surface area contributed by atoms with Crippen LogP contribution >= 0.6 is 12.4 Å². The molecule has 114 valence electrons. The molecule has 1 aromatic carbocycles. The molecule has 0 aliphatic carbocycles. The molecule has 0 bridgehead atoms. The molecule has 0 heterocycles. The first kappa shape index (κ1) is 18.9. The quantitative estimate of drug-likeness (QED) is 0.587. The summed E-state index contributed by atoms with van der Waals surface area (Å²) in [5, 5.41) is 9.71. The van der Waals surface area contributed by atoms with Crippen LogP contribution in [0.5, 0.6) is 0 Å². The molecule has 1 rings (SSSR count). The zero-order valence-electron chi connectivity index (χ0n) is 11.8. The Morgan fingerprint density at radius 3 is 2.40 bits per heavy atom. The molecule has 1 unspecified atom stereocenters. The third-order valence-corrected chi connectivity index (χ3v) is 2.77. The maximum atomic E-state index is 11.5. The normalized spacial score (nSPS) is 11.8. The Balaban J connectivity index is 0.00000361. The summed E-state index contributed by atoms with van der Waals surface area (Å²) in [5.41, 5.74) is 0.417. The predicted octanol–water partition coefficient (Wildman–Crippen LogP) is 1.90. The highest BCUT2D eigenvalue weighted by Crippen LogP contribution is 2.02. The van der Waals surface area contributed by atoms with Crippen LogP contribution in [0.1, 0.15) is 24.2 Å². The summed E-state index contributed by atoms with van der Waals surface area (Å²) in [7, 11) is 0. The molecule has 0 saturated carbocycles. The fourth-order valence-corrected chi connectivity index (χ4v) is 1.62. The Labute approximate surface area is 125 Å². The molecule has 0 fully saturated rings. The average molecular weight is 304 g/mol. The van der Waals surface area contributed by atoms with Crippen LogP contribution in [0, 0.1) is 0 Å². The van der Waals surface area contributed by atoms with Crippen LogP contribution in [0.2, 0.25) is 0 Å². The number of carbonyl (C=O) groups is 1. The largest absolute Gasteiger partial charge is 0.389 e. The van der Waals surface area contributed by atoms with Crippen molar-refractivity contribution in [3.8, 4) is 0 Å². The second-order valence-corrected chi connectivity index (χ2v) is 4.16. The van der Waals surface area contributed by atoms with E-state index < -0.39 is 12.1 Å². The van der Waals surface area contributed by atoms with Crippen LogP contribution in [0.15, 0.2) is 30.3 Å². The molecular formula is C14H22ClNO4. The highest BCUT2D eigenvalue weighted by molar-refractivity contribution is 5.88. The standard InChI is InChI=1S/C14H21NO4.ClH/c1-3-15(4-2)10-13(16)11-18-19-14(17)12-8-6-5-7-9-12;/h5-9,13,16H,3-4,10-11H2,1-2H3;1H. The number of hydrogen-bond acceptors (Lipinski definition) is 5. The van der Waals surface area contributed by atoms with Crippen molar-refractivity contribution in [1.82, 2.24) is 4.90 Å². The lowest BCUT2D eigenvalue weighted by Gasteiger charge is -2.21. The van der Waals surface area contributed by atoms with Gasteiger partial charge in [-0.25, -0.2) is 4.79 Å².